The van der Waals surface area contributed by atoms with Gasteiger partial charge in [0.1, 0.15) is 5.75 Å². The number of nitrogens with zero attached hydrogens (tertiary/aromatic N) is 3. The van der Waals surface area contributed by atoms with E-state index in [0.717, 1.165) is 12.1 Å². The van der Waals surface area contributed by atoms with Crippen molar-refractivity contribution in [3.8, 4) is 11.8 Å². The Morgan fingerprint density at radius 1 is 1.10 bits per heavy atom. The molecule has 0 aliphatic carbocycles. The van der Waals surface area contributed by atoms with Gasteiger partial charge in [0.15, 0.2) is 0 Å². The second-order valence-electron chi connectivity index (χ2n) is 6.04. The zero-order valence-electron chi connectivity index (χ0n) is 16.7. The molecule has 1 amide bonds. The number of esters is 1. The molecule has 0 radical (unpaired) electrons. The predicted molar refractivity (Wildman–Crippen MR) is 109 cm³/mol. The van der Waals surface area contributed by atoms with Gasteiger partial charge in [0.2, 0.25) is 0 Å². The van der Waals surface area contributed by atoms with E-state index in [0.29, 0.717) is 18.0 Å². The number of carbonyl (C=O) groups is 2. The molecular weight excluding hydrogens is 390 g/mol. The lowest BCUT2D eigenvalue weighted by molar-refractivity contribution is -0.384. The van der Waals surface area contributed by atoms with E-state index in [1.165, 1.54) is 11.0 Å². The van der Waals surface area contributed by atoms with Crippen LogP contribution in [0, 0.1) is 21.4 Å². The number of nitro benzene ring substituents is 1. The van der Waals surface area contributed by atoms with Crippen LogP contribution in [-0.2, 0) is 4.74 Å². The maximum atomic E-state index is 13.2. The van der Waals surface area contributed by atoms with E-state index in [1.807, 2.05) is 13.0 Å². The third-order valence-corrected chi connectivity index (χ3v) is 4.04. The first-order chi connectivity index (χ1) is 14.4. The van der Waals surface area contributed by atoms with Crippen molar-refractivity contribution in [1.29, 1.82) is 5.26 Å². The molecule has 9 nitrogen and oxygen atoms in total. The van der Waals surface area contributed by atoms with Crippen molar-refractivity contribution < 1.29 is 24.0 Å². The van der Waals surface area contributed by atoms with Crippen LogP contribution >= 0.6 is 0 Å². The van der Waals surface area contributed by atoms with Gasteiger partial charge in [0.25, 0.3) is 11.6 Å². The molecule has 0 unspecified atom stereocenters. The van der Waals surface area contributed by atoms with Gasteiger partial charge in [0, 0.05) is 29.9 Å². The molecule has 0 aliphatic rings. The summed E-state index contributed by atoms with van der Waals surface area (Å²) in [4.78, 5) is 37.2. The summed E-state index contributed by atoms with van der Waals surface area (Å²) in [6.45, 7) is 4.10. The Hall–Kier alpha value is -3.93. The molecule has 2 aromatic carbocycles. The SMILES string of the molecule is CCOC(=O)c1cc(C(=O)N(CCC#N)c2ccc(OCC)cc2)cc([N+](=O)[O-])c1. The van der Waals surface area contributed by atoms with E-state index in [-0.39, 0.29) is 30.7 Å². The van der Waals surface area contributed by atoms with E-state index in [2.05, 4.69) is 0 Å². The van der Waals surface area contributed by atoms with Crippen molar-refractivity contribution >= 4 is 23.3 Å². The van der Waals surface area contributed by atoms with Gasteiger partial charge < -0.3 is 14.4 Å². The maximum Gasteiger partial charge on any atom is 0.338 e. The summed E-state index contributed by atoms with van der Waals surface area (Å²) in [7, 11) is 0. The Balaban J connectivity index is 2.46. The molecule has 30 heavy (non-hydrogen) atoms. The number of non-ortho nitro benzene ring substituents is 1. The van der Waals surface area contributed by atoms with Crippen LogP contribution in [0.5, 0.6) is 5.75 Å². The summed E-state index contributed by atoms with van der Waals surface area (Å²) >= 11 is 0. The number of anilines is 1. The van der Waals surface area contributed by atoms with E-state index >= 15 is 0 Å². The fourth-order valence-corrected chi connectivity index (χ4v) is 2.73. The highest BCUT2D eigenvalue weighted by molar-refractivity contribution is 6.08. The highest BCUT2D eigenvalue weighted by Crippen LogP contribution is 2.24. The van der Waals surface area contributed by atoms with Gasteiger partial charge in [-0.3, -0.25) is 14.9 Å². The van der Waals surface area contributed by atoms with E-state index in [4.69, 9.17) is 14.7 Å². The molecule has 156 valence electrons. The van der Waals surface area contributed by atoms with Crippen LogP contribution in [0.3, 0.4) is 0 Å². The van der Waals surface area contributed by atoms with Crippen molar-refractivity contribution in [2.45, 2.75) is 20.3 Å². The van der Waals surface area contributed by atoms with E-state index < -0.39 is 22.5 Å². The minimum Gasteiger partial charge on any atom is -0.494 e. The Morgan fingerprint density at radius 3 is 2.33 bits per heavy atom. The molecule has 0 N–H and O–H groups in total. The van der Waals surface area contributed by atoms with Gasteiger partial charge >= 0.3 is 5.97 Å². The molecule has 9 heteroatoms. The largest absolute Gasteiger partial charge is 0.494 e. The number of hydrogen-bond acceptors (Lipinski definition) is 7. The number of amides is 1. The van der Waals surface area contributed by atoms with Gasteiger partial charge in [-0.15, -0.1) is 0 Å². The van der Waals surface area contributed by atoms with Crippen molar-refractivity contribution in [2.24, 2.45) is 0 Å². The summed E-state index contributed by atoms with van der Waals surface area (Å²) in [6, 6.07) is 12.1. The van der Waals surface area contributed by atoms with Crippen LogP contribution in [-0.4, -0.2) is 36.6 Å². The van der Waals surface area contributed by atoms with E-state index in [1.54, 1.807) is 31.2 Å². The minimum absolute atomic E-state index is 0.0542. The molecule has 0 bridgehead atoms. The number of nitro groups is 1. The van der Waals surface area contributed by atoms with Crippen LogP contribution in [0.4, 0.5) is 11.4 Å². The number of rotatable bonds is 9. The molecular formula is C21H21N3O6. The van der Waals surface area contributed by atoms with Gasteiger partial charge in [-0.25, -0.2) is 4.79 Å². The monoisotopic (exact) mass is 411 g/mol. The fourth-order valence-electron chi connectivity index (χ4n) is 2.73. The molecule has 0 aromatic heterocycles. The molecule has 2 aromatic rings. The standard InChI is InChI=1S/C21H21N3O6/c1-3-29-19-8-6-17(7-9-19)23(11-5-10-22)20(25)15-12-16(21(26)30-4-2)14-18(13-15)24(27)28/h6-9,12-14H,3-5,11H2,1-2H3. The Morgan fingerprint density at radius 2 is 1.77 bits per heavy atom. The summed E-state index contributed by atoms with van der Waals surface area (Å²) in [5.41, 5.74) is -0.0703. The molecule has 2 rings (SSSR count). The molecule has 0 heterocycles. The summed E-state index contributed by atoms with van der Waals surface area (Å²) in [6.07, 6.45) is 0.0542. The lowest BCUT2D eigenvalue weighted by atomic mass is 10.1. The van der Waals surface area contributed by atoms with Crippen molar-refractivity contribution in [2.75, 3.05) is 24.7 Å². The summed E-state index contributed by atoms with van der Waals surface area (Å²) in [5, 5.41) is 20.3. The zero-order chi connectivity index (χ0) is 22.1. The van der Waals surface area contributed by atoms with Crippen molar-refractivity contribution in [3.63, 3.8) is 0 Å². The summed E-state index contributed by atoms with van der Waals surface area (Å²) in [5.74, 6) is -0.725. The smallest absolute Gasteiger partial charge is 0.338 e. The van der Waals surface area contributed by atoms with Crippen LogP contribution in [0.25, 0.3) is 0 Å². The minimum atomic E-state index is -0.764. The highest BCUT2D eigenvalue weighted by Gasteiger charge is 2.23. The van der Waals surface area contributed by atoms with Crippen LogP contribution in [0.15, 0.2) is 42.5 Å². The fraction of sp³-hybridized carbons (Fsp3) is 0.286. The first-order valence-corrected chi connectivity index (χ1v) is 9.29. The highest BCUT2D eigenvalue weighted by atomic mass is 16.6. The van der Waals surface area contributed by atoms with Gasteiger partial charge in [-0.05, 0) is 44.2 Å². The number of hydrogen-bond donors (Lipinski definition) is 0. The Kier molecular flexibility index (Phi) is 7.88. The van der Waals surface area contributed by atoms with Gasteiger partial charge in [-0.1, -0.05) is 0 Å². The molecule has 0 atom stereocenters. The number of benzene rings is 2. The predicted octanol–water partition coefficient (Wildman–Crippen LogP) is 3.73. The van der Waals surface area contributed by atoms with Crippen LogP contribution in [0.2, 0.25) is 0 Å². The molecule has 0 fully saturated rings. The maximum absolute atomic E-state index is 13.2. The van der Waals surface area contributed by atoms with Crippen molar-refractivity contribution in [1.82, 2.24) is 0 Å². The van der Waals surface area contributed by atoms with Gasteiger partial charge in [0.05, 0.1) is 36.2 Å². The second-order valence-corrected chi connectivity index (χ2v) is 6.04. The first kappa shape index (κ1) is 22.4. The van der Waals surface area contributed by atoms with E-state index in [9.17, 15) is 19.7 Å². The second kappa shape index (κ2) is 10.6. The molecule has 0 aliphatic heterocycles. The average molecular weight is 411 g/mol. The number of carbonyl (C=O) groups excluding carboxylic acids is 2. The lowest BCUT2D eigenvalue weighted by Gasteiger charge is -2.22. The molecule has 0 spiro atoms. The normalized spacial score (nSPS) is 10.0. The number of nitriles is 1. The Bertz CT molecular complexity index is 966. The third-order valence-electron chi connectivity index (χ3n) is 4.04. The number of ether oxygens (including phenoxy) is 2. The molecule has 0 saturated carbocycles. The van der Waals surface area contributed by atoms with Crippen LogP contribution in [0.1, 0.15) is 41.0 Å². The quantitative estimate of drug-likeness (QED) is 0.350. The van der Waals surface area contributed by atoms with Gasteiger partial charge in [-0.2, -0.15) is 5.26 Å². The first-order valence-electron chi connectivity index (χ1n) is 9.29. The third kappa shape index (κ3) is 5.54. The Labute approximate surface area is 173 Å². The molecule has 0 saturated heterocycles. The lowest BCUT2D eigenvalue weighted by Crippen LogP contribution is -2.32. The zero-order valence-corrected chi connectivity index (χ0v) is 16.7. The average Bonchev–Trinajstić information content (AvgIpc) is 2.75. The van der Waals surface area contributed by atoms with Crippen LogP contribution < -0.4 is 9.64 Å². The van der Waals surface area contributed by atoms with Crippen molar-refractivity contribution in [3.05, 3.63) is 63.7 Å². The summed E-state index contributed by atoms with van der Waals surface area (Å²) < 4.78 is 10.3. The topological polar surface area (TPSA) is 123 Å².